The van der Waals surface area contributed by atoms with Crippen LogP contribution in [0.1, 0.15) is 66.2 Å². The molecule has 3 atom stereocenters. The minimum atomic E-state index is 0.771. The van der Waals surface area contributed by atoms with Crippen LogP contribution < -0.4 is 5.32 Å². The summed E-state index contributed by atoms with van der Waals surface area (Å²) in [5.74, 6) is 2.76. The quantitative estimate of drug-likeness (QED) is 0.713. The van der Waals surface area contributed by atoms with Gasteiger partial charge in [0, 0.05) is 6.04 Å². The third-order valence-electron chi connectivity index (χ3n) is 4.34. The fourth-order valence-corrected chi connectivity index (χ4v) is 3.44. The minimum Gasteiger partial charge on any atom is -0.314 e. The molecule has 0 aliphatic heterocycles. The second-order valence-electron chi connectivity index (χ2n) is 5.83. The van der Waals surface area contributed by atoms with Gasteiger partial charge in [-0.3, -0.25) is 0 Å². The van der Waals surface area contributed by atoms with E-state index in [9.17, 15) is 0 Å². The van der Waals surface area contributed by atoms with E-state index in [1.807, 2.05) is 0 Å². The molecule has 0 aromatic carbocycles. The summed E-state index contributed by atoms with van der Waals surface area (Å²) in [7, 11) is 0. The molecule has 1 fully saturated rings. The summed E-state index contributed by atoms with van der Waals surface area (Å²) in [4.78, 5) is 0. The van der Waals surface area contributed by atoms with Gasteiger partial charge in [-0.05, 0) is 50.0 Å². The summed E-state index contributed by atoms with van der Waals surface area (Å²) in [6.45, 7) is 10.6. The third-order valence-corrected chi connectivity index (χ3v) is 4.34. The van der Waals surface area contributed by atoms with Gasteiger partial charge >= 0.3 is 0 Å². The van der Waals surface area contributed by atoms with Crippen LogP contribution in [0.25, 0.3) is 0 Å². The smallest absolute Gasteiger partial charge is 0.00954 e. The molecule has 1 aliphatic rings. The van der Waals surface area contributed by atoms with E-state index < -0.39 is 0 Å². The van der Waals surface area contributed by atoms with Crippen LogP contribution in [0.3, 0.4) is 0 Å². The van der Waals surface area contributed by atoms with Crippen LogP contribution in [0.5, 0.6) is 0 Å². The highest BCUT2D eigenvalue weighted by Crippen LogP contribution is 2.37. The van der Waals surface area contributed by atoms with Gasteiger partial charge in [-0.2, -0.15) is 0 Å². The van der Waals surface area contributed by atoms with E-state index >= 15 is 0 Å². The Labute approximate surface area is 102 Å². The van der Waals surface area contributed by atoms with E-state index in [4.69, 9.17) is 0 Å². The van der Waals surface area contributed by atoms with Crippen LogP contribution >= 0.6 is 0 Å². The maximum atomic E-state index is 3.77. The number of rotatable bonds is 6. The lowest BCUT2D eigenvalue weighted by molar-refractivity contribution is 0.135. The summed E-state index contributed by atoms with van der Waals surface area (Å²) in [5, 5.41) is 3.77. The number of hydrogen-bond acceptors (Lipinski definition) is 1. The molecule has 1 rings (SSSR count). The van der Waals surface area contributed by atoms with Gasteiger partial charge in [-0.25, -0.2) is 0 Å². The van der Waals surface area contributed by atoms with Crippen LogP contribution in [0.15, 0.2) is 0 Å². The largest absolute Gasteiger partial charge is 0.314 e. The lowest BCUT2D eigenvalue weighted by Gasteiger charge is -2.39. The van der Waals surface area contributed by atoms with Gasteiger partial charge in [0.25, 0.3) is 0 Å². The maximum Gasteiger partial charge on any atom is 0.00954 e. The Hall–Kier alpha value is -0.0400. The van der Waals surface area contributed by atoms with Crippen molar-refractivity contribution in [1.82, 2.24) is 5.32 Å². The summed E-state index contributed by atoms with van der Waals surface area (Å²) >= 11 is 0. The first-order valence-electron chi connectivity index (χ1n) is 7.44. The molecule has 0 radical (unpaired) electrons. The molecule has 0 saturated heterocycles. The summed E-state index contributed by atoms with van der Waals surface area (Å²) < 4.78 is 0. The lowest BCUT2D eigenvalue weighted by Crippen LogP contribution is -2.42. The molecule has 0 aromatic heterocycles. The minimum absolute atomic E-state index is 0.771. The molecule has 0 heterocycles. The van der Waals surface area contributed by atoms with Gasteiger partial charge in [0.2, 0.25) is 0 Å². The van der Waals surface area contributed by atoms with Gasteiger partial charge in [-0.15, -0.1) is 0 Å². The third kappa shape index (κ3) is 3.76. The summed E-state index contributed by atoms with van der Waals surface area (Å²) in [6, 6.07) is 0.771. The van der Waals surface area contributed by atoms with Crippen LogP contribution in [-0.4, -0.2) is 12.6 Å². The predicted molar refractivity (Wildman–Crippen MR) is 72.7 cm³/mol. The SMILES string of the molecule is CCCNC(CC)C1CCCCC1C(C)C. The molecule has 1 aliphatic carbocycles. The average molecular weight is 225 g/mol. The maximum absolute atomic E-state index is 3.77. The zero-order valence-corrected chi connectivity index (χ0v) is 11.8. The Morgan fingerprint density at radius 2 is 1.69 bits per heavy atom. The predicted octanol–water partition coefficient (Wildman–Crippen LogP) is 4.23. The molecule has 1 saturated carbocycles. The molecule has 1 heteroatoms. The Kier molecular flexibility index (Phi) is 6.41. The standard InChI is InChI=1S/C15H31N/c1-5-11-16-15(6-2)14-10-8-7-9-13(14)12(3)4/h12-16H,5-11H2,1-4H3. The second kappa shape index (κ2) is 7.32. The Morgan fingerprint density at radius 3 is 2.19 bits per heavy atom. The van der Waals surface area contributed by atoms with E-state index in [1.165, 1.54) is 45.1 Å². The number of hydrogen-bond donors (Lipinski definition) is 1. The second-order valence-corrected chi connectivity index (χ2v) is 5.83. The Bertz CT molecular complexity index is 176. The fraction of sp³-hybridized carbons (Fsp3) is 1.00. The van der Waals surface area contributed by atoms with E-state index in [2.05, 4.69) is 33.0 Å². The van der Waals surface area contributed by atoms with Gasteiger partial charge in [0.1, 0.15) is 0 Å². The molecule has 16 heavy (non-hydrogen) atoms. The van der Waals surface area contributed by atoms with Crippen molar-refractivity contribution in [2.24, 2.45) is 17.8 Å². The molecular weight excluding hydrogens is 194 g/mol. The van der Waals surface area contributed by atoms with Crippen molar-refractivity contribution < 1.29 is 0 Å². The van der Waals surface area contributed by atoms with Gasteiger partial charge in [0.15, 0.2) is 0 Å². The molecule has 0 spiro atoms. The van der Waals surface area contributed by atoms with Gasteiger partial charge in [0.05, 0.1) is 0 Å². The zero-order chi connectivity index (χ0) is 12.0. The molecule has 3 unspecified atom stereocenters. The summed E-state index contributed by atoms with van der Waals surface area (Å²) in [6.07, 6.45) is 8.40. The Balaban J connectivity index is 2.56. The fourth-order valence-electron chi connectivity index (χ4n) is 3.44. The highest BCUT2D eigenvalue weighted by Gasteiger charge is 2.32. The molecule has 0 bridgehead atoms. The van der Waals surface area contributed by atoms with E-state index in [0.29, 0.717) is 0 Å². The molecule has 0 aromatic rings. The van der Waals surface area contributed by atoms with Crippen LogP contribution in [0.4, 0.5) is 0 Å². The zero-order valence-electron chi connectivity index (χ0n) is 11.8. The monoisotopic (exact) mass is 225 g/mol. The van der Waals surface area contributed by atoms with Crippen molar-refractivity contribution >= 4 is 0 Å². The highest BCUT2D eigenvalue weighted by molar-refractivity contribution is 4.85. The first kappa shape index (κ1) is 14.0. The highest BCUT2D eigenvalue weighted by atomic mass is 14.9. The van der Waals surface area contributed by atoms with Crippen LogP contribution in [-0.2, 0) is 0 Å². The summed E-state index contributed by atoms with van der Waals surface area (Å²) in [5.41, 5.74) is 0. The Morgan fingerprint density at radius 1 is 1.06 bits per heavy atom. The van der Waals surface area contributed by atoms with Crippen molar-refractivity contribution in [2.45, 2.75) is 72.3 Å². The number of nitrogens with one attached hydrogen (secondary N) is 1. The molecular formula is C15H31N. The van der Waals surface area contributed by atoms with Crippen LogP contribution in [0.2, 0.25) is 0 Å². The van der Waals surface area contributed by atoms with Crippen molar-refractivity contribution in [3.8, 4) is 0 Å². The van der Waals surface area contributed by atoms with E-state index in [0.717, 1.165) is 23.8 Å². The van der Waals surface area contributed by atoms with Gasteiger partial charge < -0.3 is 5.32 Å². The topological polar surface area (TPSA) is 12.0 Å². The average Bonchev–Trinajstić information content (AvgIpc) is 2.30. The van der Waals surface area contributed by atoms with E-state index in [-0.39, 0.29) is 0 Å². The van der Waals surface area contributed by atoms with Crippen molar-refractivity contribution in [3.05, 3.63) is 0 Å². The van der Waals surface area contributed by atoms with E-state index in [1.54, 1.807) is 0 Å². The lowest BCUT2D eigenvalue weighted by atomic mass is 9.70. The first-order chi connectivity index (χ1) is 7.70. The van der Waals surface area contributed by atoms with Crippen molar-refractivity contribution in [3.63, 3.8) is 0 Å². The van der Waals surface area contributed by atoms with Crippen molar-refractivity contribution in [1.29, 1.82) is 0 Å². The van der Waals surface area contributed by atoms with Crippen LogP contribution in [0, 0.1) is 17.8 Å². The van der Waals surface area contributed by atoms with Gasteiger partial charge in [-0.1, -0.05) is 40.5 Å². The molecule has 0 amide bonds. The first-order valence-corrected chi connectivity index (χ1v) is 7.44. The molecule has 1 nitrogen and oxygen atoms in total. The normalized spacial score (nSPS) is 28.3. The molecule has 96 valence electrons. The van der Waals surface area contributed by atoms with Crippen molar-refractivity contribution in [2.75, 3.05) is 6.54 Å². The molecule has 1 N–H and O–H groups in total.